The second-order valence-electron chi connectivity index (χ2n) is 3.33. The zero-order chi connectivity index (χ0) is 11.3. The van der Waals surface area contributed by atoms with Gasteiger partial charge in [-0.3, -0.25) is 4.79 Å². The van der Waals surface area contributed by atoms with E-state index in [-0.39, 0.29) is 12.5 Å². The van der Waals surface area contributed by atoms with Crippen LogP contribution < -0.4 is 0 Å². The molecule has 0 bridgehead atoms. The van der Waals surface area contributed by atoms with Gasteiger partial charge in [0.25, 0.3) is 5.91 Å². The highest BCUT2D eigenvalue weighted by Gasteiger charge is 2.16. The first-order chi connectivity index (χ1) is 7.19. The van der Waals surface area contributed by atoms with Crippen molar-refractivity contribution in [1.29, 1.82) is 5.26 Å². The number of furan rings is 1. The maximum Gasteiger partial charge on any atom is 0.257 e. The first-order valence-corrected chi connectivity index (χ1v) is 4.90. The summed E-state index contributed by atoms with van der Waals surface area (Å²) in [7, 11) is 0. The van der Waals surface area contributed by atoms with E-state index in [0.29, 0.717) is 17.9 Å². The topological polar surface area (TPSA) is 57.2 Å². The van der Waals surface area contributed by atoms with Gasteiger partial charge < -0.3 is 9.32 Å². The van der Waals surface area contributed by atoms with E-state index in [1.807, 2.05) is 13.0 Å². The maximum absolute atomic E-state index is 11.9. The summed E-state index contributed by atoms with van der Waals surface area (Å²) < 4.78 is 5.06. The van der Waals surface area contributed by atoms with Gasteiger partial charge in [-0.2, -0.15) is 5.26 Å². The molecule has 0 spiro atoms. The Morgan fingerprint density at radius 2 is 2.40 bits per heavy atom. The summed E-state index contributed by atoms with van der Waals surface area (Å²) in [6.07, 6.45) is 2.27. The van der Waals surface area contributed by atoms with Gasteiger partial charge in [0.2, 0.25) is 0 Å². The van der Waals surface area contributed by atoms with E-state index < -0.39 is 0 Å². The molecule has 0 N–H and O–H groups in total. The molecule has 0 aromatic carbocycles. The minimum atomic E-state index is -0.143. The number of nitriles is 1. The number of nitrogens with zero attached hydrogens (tertiary/aromatic N) is 2. The van der Waals surface area contributed by atoms with Crippen LogP contribution >= 0.6 is 0 Å². The number of carbonyl (C=O) groups is 1. The average Bonchev–Trinajstić information content (AvgIpc) is 2.63. The Labute approximate surface area is 89.1 Å². The summed E-state index contributed by atoms with van der Waals surface area (Å²) in [5, 5.41) is 8.60. The van der Waals surface area contributed by atoms with E-state index in [1.54, 1.807) is 13.0 Å². The molecule has 1 aromatic rings. The lowest BCUT2D eigenvalue weighted by molar-refractivity contribution is 0.0775. The zero-order valence-electron chi connectivity index (χ0n) is 8.99. The van der Waals surface area contributed by atoms with Gasteiger partial charge in [-0.1, -0.05) is 6.92 Å². The molecule has 0 aliphatic carbocycles. The molecular weight excluding hydrogens is 192 g/mol. The normalized spacial score (nSPS) is 9.67. The Kier molecular flexibility index (Phi) is 3.92. The van der Waals surface area contributed by atoms with E-state index in [1.165, 1.54) is 11.2 Å². The predicted molar refractivity (Wildman–Crippen MR) is 55.3 cm³/mol. The van der Waals surface area contributed by atoms with Crippen LogP contribution in [0.3, 0.4) is 0 Å². The van der Waals surface area contributed by atoms with Crippen LogP contribution in [0.2, 0.25) is 0 Å². The largest absolute Gasteiger partial charge is 0.469 e. The van der Waals surface area contributed by atoms with Crippen molar-refractivity contribution in [3.8, 4) is 6.07 Å². The number of hydrogen-bond acceptors (Lipinski definition) is 3. The van der Waals surface area contributed by atoms with Crippen molar-refractivity contribution >= 4 is 5.91 Å². The lowest BCUT2D eigenvalue weighted by Crippen LogP contribution is -2.31. The summed E-state index contributed by atoms with van der Waals surface area (Å²) in [6.45, 7) is 4.47. The number of rotatable bonds is 4. The molecule has 0 saturated carbocycles. The second kappa shape index (κ2) is 5.20. The number of amides is 1. The summed E-state index contributed by atoms with van der Waals surface area (Å²) in [4.78, 5) is 13.4. The molecule has 0 saturated heterocycles. The second-order valence-corrected chi connectivity index (χ2v) is 3.33. The lowest BCUT2D eigenvalue weighted by atomic mass is 10.2. The SMILES string of the molecule is CCCN(CC#N)C(=O)c1coc(C)c1. The molecule has 1 amide bonds. The molecule has 0 fully saturated rings. The summed E-state index contributed by atoms with van der Waals surface area (Å²) in [5.74, 6) is 0.557. The molecule has 0 unspecified atom stereocenters. The van der Waals surface area contributed by atoms with E-state index >= 15 is 0 Å². The molecule has 0 atom stereocenters. The van der Waals surface area contributed by atoms with Crippen molar-refractivity contribution in [2.24, 2.45) is 0 Å². The van der Waals surface area contributed by atoms with E-state index in [4.69, 9.17) is 9.68 Å². The van der Waals surface area contributed by atoms with Crippen molar-refractivity contribution in [2.45, 2.75) is 20.3 Å². The molecule has 1 heterocycles. The van der Waals surface area contributed by atoms with Gasteiger partial charge in [-0.05, 0) is 19.4 Å². The Bertz CT molecular complexity index is 376. The number of hydrogen-bond donors (Lipinski definition) is 0. The molecule has 0 radical (unpaired) electrons. The van der Waals surface area contributed by atoms with Gasteiger partial charge in [-0.15, -0.1) is 0 Å². The van der Waals surface area contributed by atoms with Crippen molar-refractivity contribution in [2.75, 3.05) is 13.1 Å². The monoisotopic (exact) mass is 206 g/mol. The van der Waals surface area contributed by atoms with Crippen molar-refractivity contribution in [3.05, 3.63) is 23.7 Å². The lowest BCUT2D eigenvalue weighted by Gasteiger charge is -2.17. The van der Waals surface area contributed by atoms with Crippen LogP contribution in [0.15, 0.2) is 16.7 Å². The standard InChI is InChI=1S/C11H14N2O2/c1-3-5-13(6-4-12)11(14)10-7-9(2)15-8-10/h7-8H,3,5-6H2,1-2H3. The third kappa shape index (κ3) is 2.84. The van der Waals surface area contributed by atoms with Gasteiger partial charge in [0, 0.05) is 6.54 Å². The average molecular weight is 206 g/mol. The summed E-state index contributed by atoms with van der Waals surface area (Å²) >= 11 is 0. The van der Waals surface area contributed by atoms with E-state index in [2.05, 4.69) is 0 Å². The quantitative estimate of drug-likeness (QED) is 0.707. The molecular formula is C11H14N2O2. The van der Waals surface area contributed by atoms with Crippen LogP contribution in [0, 0.1) is 18.3 Å². The molecule has 0 aliphatic rings. The van der Waals surface area contributed by atoms with Crippen LogP contribution in [0.4, 0.5) is 0 Å². The fourth-order valence-electron chi connectivity index (χ4n) is 1.35. The molecule has 1 aromatic heterocycles. The smallest absolute Gasteiger partial charge is 0.257 e. The van der Waals surface area contributed by atoms with Gasteiger partial charge >= 0.3 is 0 Å². The summed E-state index contributed by atoms with van der Waals surface area (Å²) in [6, 6.07) is 3.67. The fourth-order valence-corrected chi connectivity index (χ4v) is 1.35. The van der Waals surface area contributed by atoms with Crippen molar-refractivity contribution in [3.63, 3.8) is 0 Å². The first kappa shape index (κ1) is 11.3. The van der Waals surface area contributed by atoms with Crippen LogP contribution in [0.5, 0.6) is 0 Å². The van der Waals surface area contributed by atoms with E-state index in [0.717, 1.165) is 6.42 Å². The Hall–Kier alpha value is -1.76. The third-order valence-electron chi connectivity index (χ3n) is 2.02. The van der Waals surface area contributed by atoms with Crippen LogP contribution in [-0.4, -0.2) is 23.9 Å². The fraction of sp³-hybridized carbons (Fsp3) is 0.455. The highest BCUT2D eigenvalue weighted by atomic mass is 16.3. The molecule has 0 aliphatic heterocycles. The molecule has 4 heteroatoms. The first-order valence-electron chi connectivity index (χ1n) is 4.90. The molecule has 1 rings (SSSR count). The molecule has 15 heavy (non-hydrogen) atoms. The maximum atomic E-state index is 11.9. The van der Waals surface area contributed by atoms with Crippen LogP contribution in [0.25, 0.3) is 0 Å². The number of aryl methyl sites for hydroxylation is 1. The van der Waals surface area contributed by atoms with Gasteiger partial charge in [0.1, 0.15) is 18.6 Å². The van der Waals surface area contributed by atoms with Crippen molar-refractivity contribution < 1.29 is 9.21 Å². The Morgan fingerprint density at radius 3 is 2.87 bits per heavy atom. The van der Waals surface area contributed by atoms with Gasteiger partial charge in [-0.25, -0.2) is 0 Å². The third-order valence-corrected chi connectivity index (χ3v) is 2.02. The predicted octanol–water partition coefficient (Wildman–Crippen LogP) is 1.96. The molecule has 80 valence electrons. The Balaban J connectivity index is 2.76. The van der Waals surface area contributed by atoms with E-state index in [9.17, 15) is 4.79 Å². The molecule has 4 nitrogen and oxygen atoms in total. The highest BCUT2D eigenvalue weighted by molar-refractivity contribution is 5.94. The van der Waals surface area contributed by atoms with Crippen LogP contribution in [-0.2, 0) is 0 Å². The van der Waals surface area contributed by atoms with Crippen LogP contribution in [0.1, 0.15) is 29.5 Å². The minimum Gasteiger partial charge on any atom is -0.469 e. The zero-order valence-corrected chi connectivity index (χ0v) is 8.99. The minimum absolute atomic E-state index is 0.122. The van der Waals surface area contributed by atoms with Gasteiger partial charge in [0.05, 0.1) is 11.6 Å². The Morgan fingerprint density at radius 1 is 1.67 bits per heavy atom. The highest BCUT2D eigenvalue weighted by Crippen LogP contribution is 2.09. The summed E-state index contributed by atoms with van der Waals surface area (Å²) in [5.41, 5.74) is 0.510. The van der Waals surface area contributed by atoms with Gasteiger partial charge in [0.15, 0.2) is 0 Å². The number of carbonyl (C=O) groups excluding carboxylic acids is 1. The van der Waals surface area contributed by atoms with Crippen molar-refractivity contribution in [1.82, 2.24) is 4.90 Å².